The molecule has 0 amide bonds. The zero-order chi connectivity index (χ0) is 26.1. The molecule has 0 aromatic heterocycles. The molecule has 4 aromatic rings. The SMILES string of the molecule is CCOCCOc1ccc(C[CH2][Ge]([c]2ccc(F)cc2)([c]2ccc(F)cc2)[c]2ccc(OC)cc2)cc1. The molecule has 0 heterocycles. The molecular formula is C31H32F2GeO3. The normalized spacial score (nSPS) is 11.4. The molecule has 0 radical (unpaired) electrons. The van der Waals surface area contributed by atoms with Gasteiger partial charge in [0.1, 0.15) is 0 Å². The molecule has 0 bridgehead atoms. The predicted octanol–water partition coefficient (Wildman–Crippen LogP) is 5.10. The Morgan fingerprint density at radius 1 is 0.622 bits per heavy atom. The monoisotopic (exact) mass is 564 g/mol. The summed E-state index contributed by atoms with van der Waals surface area (Å²) in [5.41, 5.74) is 1.19. The van der Waals surface area contributed by atoms with E-state index in [1.165, 1.54) is 34.2 Å². The Hall–Kier alpha value is -3.16. The third kappa shape index (κ3) is 6.59. The summed E-state index contributed by atoms with van der Waals surface area (Å²) in [5, 5.41) is 0.869. The van der Waals surface area contributed by atoms with Gasteiger partial charge in [-0.25, -0.2) is 0 Å². The fourth-order valence-corrected chi connectivity index (χ4v) is 14.7. The van der Waals surface area contributed by atoms with Crippen LogP contribution >= 0.6 is 0 Å². The molecule has 192 valence electrons. The Morgan fingerprint density at radius 3 is 1.59 bits per heavy atom. The molecule has 4 aromatic carbocycles. The van der Waals surface area contributed by atoms with Crippen LogP contribution in [0.15, 0.2) is 97.1 Å². The Labute approximate surface area is 220 Å². The summed E-state index contributed by atoms with van der Waals surface area (Å²) in [6, 6.07) is 30.0. The van der Waals surface area contributed by atoms with E-state index in [0.717, 1.165) is 32.0 Å². The third-order valence-corrected chi connectivity index (χ3v) is 17.1. The van der Waals surface area contributed by atoms with E-state index >= 15 is 0 Å². The Bertz CT molecular complexity index is 1200. The van der Waals surface area contributed by atoms with E-state index in [4.69, 9.17) is 14.2 Å². The van der Waals surface area contributed by atoms with Crippen molar-refractivity contribution in [1.82, 2.24) is 0 Å². The van der Waals surface area contributed by atoms with Crippen molar-refractivity contribution in [2.75, 3.05) is 26.9 Å². The molecule has 0 aliphatic heterocycles. The molecule has 37 heavy (non-hydrogen) atoms. The average Bonchev–Trinajstić information content (AvgIpc) is 2.94. The number of hydrogen-bond donors (Lipinski definition) is 0. The van der Waals surface area contributed by atoms with Crippen molar-refractivity contribution in [3.8, 4) is 11.5 Å². The molecule has 0 saturated heterocycles. The average molecular weight is 563 g/mol. The van der Waals surface area contributed by atoms with Gasteiger partial charge in [0.15, 0.2) is 0 Å². The third-order valence-electron chi connectivity index (χ3n) is 6.67. The molecule has 6 heteroatoms. The van der Waals surface area contributed by atoms with Gasteiger partial charge in [0.2, 0.25) is 0 Å². The molecular weight excluding hydrogens is 531 g/mol. The standard InChI is InChI=1S/C31H32F2GeO3/c1-3-36-22-23-37-31-16-4-24(5-17-31)20-21-34(27-10-6-25(32)7-11-27,28-12-8-26(33)9-13-28)29-14-18-30(35-2)19-15-29/h4-19H,3,20-23H2,1-2H3. The molecule has 4 rings (SSSR count). The summed E-state index contributed by atoms with van der Waals surface area (Å²) in [4.78, 5) is 0. The van der Waals surface area contributed by atoms with E-state index in [1.807, 2.05) is 55.5 Å². The second-order valence-corrected chi connectivity index (χ2v) is 17.3. The van der Waals surface area contributed by atoms with Crippen molar-refractivity contribution in [3.63, 3.8) is 0 Å². The molecule has 0 aliphatic carbocycles. The topological polar surface area (TPSA) is 27.7 Å². The first kappa shape index (κ1) is 26.9. The van der Waals surface area contributed by atoms with E-state index in [9.17, 15) is 8.78 Å². The van der Waals surface area contributed by atoms with Crippen molar-refractivity contribution in [3.05, 3.63) is 114 Å². The van der Waals surface area contributed by atoms with Gasteiger partial charge < -0.3 is 0 Å². The van der Waals surface area contributed by atoms with Crippen LogP contribution < -0.4 is 22.7 Å². The number of halogens is 2. The van der Waals surface area contributed by atoms with Crippen LogP contribution in [-0.4, -0.2) is 40.2 Å². The summed E-state index contributed by atoms with van der Waals surface area (Å²) in [5.74, 6) is 1.05. The minimum absolute atomic E-state index is 0.270. The van der Waals surface area contributed by atoms with Crippen molar-refractivity contribution < 1.29 is 23.0 Å². The molecule has 0 fully saturated rings. The molecule has 3 nitrogen and oxygen atoms in total. The fraction of sp³-hybridized carbons (Fsp3) is 0.226. The van der Waals surface area contributed by atoms with Gasteiger partial charge in [-0.1, -0.05) is 0 Å². The van der Waals surface area contributed by atoms with Gasteiger partial charge >= 0.3 is 221 Å². The van der Waals surface area contributed by atoms with Gasteiger partial charge in [-0.05, 0) is 0 Å². The summed E-state index contributed by atoms with van der Waals surface area (Å²) in [6.45, 7) is 3.71. The van der Waals surface area contributed by atoms with Gasteiger partial charge in [0.25, 0.3) is 0 Å². The second kappa shape index (κ2) is 12.9. The van der Waals surface area contributed by atoms with Gasteiger partial charge in [-0.3, -0.25) is 0 Å². The van der Waals surface area contributed by atoms with Crippen LogP contribution in [0.3, 0.4) is 0 Å². The molecule has 0 aliphatic rings. The number of ether oxygens (including phenoxy) is 3. The van der Waals surface area contributed by atoms with Crippen LogP contribution in [0.1, 0.15) is 12.5 Å². The van der Waals surface area contributed by atoms with Crippen LogP contribution in [0.2, 0.25) is 5.25 Å². The molecule has 0 spiro atoms. The van der Waals surface area contributed by atoms with Gasteiger partial charge in [-0.2, -0.15) is 0 Å². The molecule has 0 atom stereocenters. The zero-order valence-electron chi connectivity index (χ0n) is 21.3. The number of aryl methyl sites for hydroxylation is 1. The summed E-state index contributed by atoms with van der Waals surface area (Å²) < 4.78 is 47.9. The quantitative estimate of drug-likeness (QED) is 0.178. The van der Waals surface area contributed by atoms with Crippen molar-refractivity contribution in [2.45, 2.75) is 18.6 Å². The summed E-state index contributed by atoms with van der Waals surface area (Å²) in [6.07, 6.45) is 0.819. The van der Waals surface area contributed by atoms with Crippen molar-refractivity contribution >= 4 is 26.5 Å². The summed E-state index contributed by atoms with van der Waals surface area (Å²) >= 11 is -3.38. The van der Waals surface area contributed by atoms with E-state index in [2.05, 4.69) is 24.3 Å². The van der Waals surface area contributed by atoms with Gasteiger partial charge in [-0.15, -0.1) is 0 Å². The van der Waals surface area contributed by atoms with Crippen LogP contribution in [0.5, 0.6) is 11.5 Å². The van der Waals surface area contributed by atoms with Crippen molar-refractivity contribution in [1.29, 1.82) is 0 Å². The number of methoxy groups -OCH3 is 1. The molecule has 0 saturated carbocycles. The number of hydrogen-bond acceptors (Lipinski definition) is 3. The van der Waals surface area contributed by atoms with Crippen LogP contribution in [0, 0.1) is 11.6 Å². The van der Waals surface area contributed by atoms with E-state index in [-0.39, 0.29) is 11.6 Å². The first-order valence-electron chi connectivity index (χ1n) is 12.5. The van der Waals surface area contributed by atoms with Crippen LogP contribution in [0.25, 0.3) is 0 Å². The zero-order valence-corrected chi connectivity index (χ0v) is 23.4. The number of rotatable bonds is 12. The number of benzene rings is 4. The second-order valence-electron chi connectivity index (χ2n) is 8.84. The minimum atomic E-state index is -3.38. The maximum atomic E-state index is 14.0. The van der Waals surface area contributed by atoms with E-state index in [0.29, 0.717) is 19.8 Å². The predicted molar refractivity (Wildman–Crippen MR) is 147 cm³/mol. The van der Waals surface area contributed by atoms with Crippen LogP contribution in [-0.2, 0) is 11.2 Å². The first-order chi connectivity index (χ1) is 18.0. The Balaban J connectivity index is 1.71. The molecule has 0 unspecified atom stereocenters. The van der Waals surface area contributed by atoms with Gasteiger partial charge in [0, 0.05) is 0 Å². The maximum absolute atomic E-state index is 14.0. The summed E-state index contributed by atoms with van der Waals surface area (Å²) in [7, 11) is 1.65. The Morgan fingerprint density at radius 2 is 1.11 bits per heavy atom. The van der Waals surface area contributed by atoms with E-state index < -0.39 is 13.3 Å². The fourth-order valence-electron chi connectivity index (χ4n) is 4.72. The van der Waals surface area contributed by atoms with E-state index in [1.54, 1.807) is 7.11 Å². The van der Waals surface area contributed by atoms with Gasteiger partial charge in [0.05, 0.1) is 0 Å². The van der Waals surface area contributed by atoms with Crippen molar-refractivity contribution in [2.24, 2.45) is 0 Å². The van der Waals surface area contributed by atoms with Crippen LogP contribution in [0.4, 0.5) is 8.78 Å². The molecule has 0 N–H and O–H groups in total. The first-order valence-corrected chi connectivity index (χ1v) is 17.1. The Kier molecular flexibility index (Phi) is 9.36.